The number of anilines is 1. The van der Waals surface area contributed by atoms with Crippen LogP contribution >= 0.6 is 0 Å². The van der Waals surface area contributed by atoms with Gasteiger partial charge in [-0.2, -0.15) is 5.10 Å². The lowest BCUT2D eigenvalue weighted by Gasteiger charge is -2.10. The van der Waals surface area contributed by atoms with Crippen molar-refractivity contribution in [3.8, 4) is 0 Å². The van der Waals surface area contributed by atoms with Gasteiger partial charge in [0.25, 0.3) is 0 Å². The van der Waals surface area contributed by atoms with E-state index in [1.165, 1.54) is 0 Å². The van der Waals surface area contributed by atoms with E-state index >= 15 is 0 Å². The topological polar surface area (TPSA) is 74.9 Å². The number of hydrogen-bond donors (Lipinski definition) is 3. The van der Waals surface area contributed by atoms with Gasteiger partial charge in [0.15, 0.2) is 0 Å². The molecule has 14 heavy (non-hydrogen) atoms. The summed E-state index contributed by atoms with van der Waals surface area (Å²) in [6.07, 6.45) is 4.02. The van der Waals surface area contributed by atoms with E-state index in [4.69, 9.17) is 5.73 Å². The maximum absolute atomic E-state index is 9.76. The van der Waals surface area contributed by atoms with Crippen LogP contribution in [0.2, 0.25) is 0 Å². The first-order valence-electron chi connectivity index (χ1n) is 5.08. The van der Waals surface area contributed by atoms with Gasteiger partial charge in [-0.25, -0.2) is 0 Å². The molecule has 0 bridgehead atoms. The van der Waals surface area contributed by atoms with Gasteiger partial charge in [0.2, 0.25) is 0 Å². The monoisotopic (exact) mass is 197 g/mol. The molecule has 0 amide bonds. The number of aliphatic hydroxyl groups is 1. The average molecular weight is 197 g/mol. The molecule has 4 nitrogen and oxygen atoms in total. The molecule has 0 saturated carbocycles. The Morgan fingerprint density at radius 1 is 1.50 bits per heavy atom. The highest BCUT2D eigenvalue weighted by Gasteiger charge is 2.12. The zero-order valence-electron chi connectivity index (χ0n) is 8.83. The summed E-state index contributed by atoms with van der Waals surface area (Å²) in [6.45, 7) is 4.36. The smallest absolute Gasteiger partial charge is 0.124 e. The number of hydrogen-bond acceptors (Lipinski definition) is 3. The fourth-order valence-corrected chi connectivity index (χ4v) is 1.45. The first-order valence-corrected chi connectivity index (χ1v) is 5.08. The molecule has 4 N–H and O–H groups in total. The number of aromatic amines is 1. The lowest BCUT2D eigenvalue weighted by Crippen LogP contribution is -2.01. The molecule has 0 saturated heterocycles. The molecule has 0 aliphatic heterocycles. The van der Waals surface area contributed by atoms with Crippen LogP contribution in [0.5, 0.6) is 0 Å². The van der Waals surface area contributed by atoms with Gasteiger partial charge >= 0.3 is 0 Å². The van der Waals surface area contributed by atoms with Crippen molar-refractivity contribution in [2.75, 3.05) is 5.73 Å². The Kier molecular flexibility index (Phi) is 3.95. The van der Waals surface area contributed by atoms with E-state index in [-0.39, 0.29) is 0 Å². The van der Waals surface area contributed by atoms with E-state index in [0.717, 1.165) is 19.3 Å². The number of aliphatic hydroxyl groups excluding tert-OH is 1. The van der Waals surface area contributed by atoms with Crippen LogP contribution in [0.3, 0.4) is 0 Å². The van der Waals surface area contributed by atoms with Crippen molar-refractivity contribution in [3.63, 3.8) is 0 Å². The SMILES string of the molecule is CC(C)CCCC(O)c1cn[nH]c1N. The second-order valence-corrected chi connectivity index (χ2v) is 4.08. The number of H-pyrrole nitrogens is 1. The molecule has 0 radical (unpaired) electrons. The maximum Gasteiger partial charge on any atom is 0.124 e. The molecule has 0 aliphatic rings. The standard InChI is InChI=1S/C10H19N3O/c1-7(2)4-3-5-9(14)8-6-12-13-10(8)11/h6-7,9,14H,3-5H2,1-2H3,(H3,11,12,13). The first-order chi connectivity index (χ1) is 6.61. The maximum atomic E-state index is 9.76. The Morgan fingerprint density at radius 2 is 2.21 bits per heavy atom. The van der Waals surface area contributed by atoms with Crippen LogP contribution in [-0.4, -0.2) is 15.3 Å². The highest BCUT2D eigenvalue weighted by Crippen LogP contribution is 2.23. The molecule has 1 unspecified atom stereocenters. The second-order valence-electron chi connectivity index (χ2n) is 4.08. The number of nitrogens with zero attached hydrogens (tertiary/aromatic N) is 1. The van der Waals surface area contributed by atoms with Gasteiger partial charge in [-0.15, -0.1) is 0 Å². The Bertz CT molecular complexity index is 270. The first kappa shape index (κ1) is 11.0. The lowest BCUT2D eigenvalue weighted by molar-refractivity contribution is 0.163. The van der Waals surface area contributed by atoms with Gasteiger partial charge in [-0.1, -0.05) is 26.7 Å². The van der Waals surface area contributed by atoms with Crippen LogP contribution in [0, 0.1) is 5.92 Å². The van der Waals surface area contributed by atoms with E-state index in [2.05, 4.69) is 24.0 Å². The van der Waals surface area contributed by atoms with Crippen LogP contribution in [0.4, 0.5) is 5.82 Å². The minimum absolute atomic E-state index is 0.474. The molecule has 1 heterocycles. The summed E-state index contributed by atoms with van der Waals surface area (Å²) in [4.78, 5) is 0. The van der Waals surface area contributed by atoms with E-state index in [0.29, 0.717) is 17.3 Å². The molecule has 0 spiro atoms. The summed E-state index contributed by atoms with van der Waals surface area (Å²) >= 11 is 0. The van der Waals surface area contributed by atoms with Crippen molar-refractivity contribution in [1.82, 2.24) is 10.2 Å². The minimum atomic E-state index is -0.479. The van der Waals surface area contributed by atoms with Crippen molar-refractivity contribution in [2.24, 2.45) is 5.92 Å². The van der Waals surface area contributed by atoms with Crippen molar-refractivity contribution in [2.45, 2.75) is 39.2 Å². The number of aromatic nitrogens is 2. The van der Waals surface area contributed by atoms with Crippen LogP contribution in [-0.2, 0) is 0 Å². The van der Waals surface area contributed by atoms with Gasteiger partial charge in [0.1, 0.15) is 5.82 Å². The van der Waals surface area contributed by atoms with Gasteiger partial charge in [0, 0.05) is 5.56 Å². The largest absolute Gasteiger partial charge is 0.388 e. The summed E-state index contributed by atoms with van der Waals surface area (Å²) in [5.41, 5.74) is 6.31. The zero-order chi connectivity index (χ0) is 10.6. The van der Waals surface area contributed by atoms with E-state index in [1.54, 1.807) is 6.20 Å². The Hall–Kier alpha value is -1.03. The van der Waals surface area contributed by atoms with Crippen molar-refractivity contribution < 1.29 is 5.11 Å². The molecule has 1 rings (SSSR count). The summed E-state index contributed by atoms with van der Waals surface area (Å²) in [5, 5.41) is 16.2. The predicted octanol–water partition coefficient (Wildman–Crippen LogP) is 1.85. The molecule has 4 heteroatoms. The Morgan fingerprint density at radius 3 is 2.71 bits per heavy atom. The van der Waals surface area contributed by atoms with Crippen LogP contribution in [0.15, 0.2) is 6.20 Å². The highest BCUT2D eigenvalue weighted by atomic mass is 16.3. The number of nitrogens with two attached hydrogens (primary N) is 1. The van der Waals surface area contributed by atoms with Crippen LogP contribution < -0.4 is 5.73 Å². The number of rotatable bonds is 5. The summed E-state index contributed by atoms with van der Waals surface area (Å²) in [5.74, 6) is 1.16. The number of nitrogens with one attached hydrogen (secondary N) is 1. The quantitative estimate of drug-likeness (QED) is 0.674. The normalized spacial score (nSPS) is 13.4. The molecule has 0 aromatic carbocycles. The van der Waals surface area contributed by atoms with Gasteiger partial charge in [-0.3, -0.25) is 5.10 Å². The lowest BCUT2D eigenvalue weighted by atomic mass is 10.0. The van der Waals surface area contributed by atoms with Gasteiger partial charge < -0.3 is 10.8 Å². The number of nitrogen functional groups attached to an aromatic ring is 1. The molecule has 1 aromatic heterocycles. The van der Waals surface area contributed by atoms with E-state index in [1.807, 2.05) is 0 Å². The van der Waals surface area contributed by atoms with Crippen molar-refractivity contribution in [3.05, 3.63) is 11.8 Å². The fourth-order valence-electron chi connectivity index (χ4n) is 1.45. The molecule has 1 atom stereocenters. The molecule has 80 valence electrons. The van der Waals surface area contributed by atoms with Gasteiger partial charge in [-0.05, 0) is 12.3 Å². The molecular weight excluding hydrogens is 178 g/mol. The van der Waals surface area contributed by atoms with Crippen LogP contribution in [0.25, 0.3) is 0 Å². The molecule has 0 aliphatic carbocycles. The zero-order valence-corrected chi connectivity index (χ0v) is 8.83. The predicted molar refractivity (Wildman–Crippen MR) is 56.6 cm³/mol. The van der Waals surface area contributed by atoms with E-state index in [9.17, 15) is 5.11 Å². The Balaban J connectivity index is 2.36. The third kappa shape index (κ3) is 3.03. The Labute approximate surface area is 84.5 Å². The summed E-state index contributed by atoms with van der Waals surface area (Å²) in [6, 6.07) is 0. The van der Waals surface area contributed by atoms with Crippen molar-refractivity contribution in [1.29, 1.82) is 0 Å². The third-order valence-corrected chi connectivity index (χ3v) is 2.32. The van der Waals surface area contributed by atoms with Crippen LogP contribution in [0.1, 0.15) is 44.8 Å². The molecule has 0 fully saturated rings. The summed E-state index contributed by atoms with van der Waals surface area (Å²) < 4.78 is 0. The van der Waals surface area contributed by atoms with Crippen molar-refractivity contribution >= 4 is 5.82 Å². The second kappa shape index (κ2) is 5.00. The molecular formula is C10H19N3O. The highest BCUT2D eigenvalue weighted by molar-refractivity contribution is 5.38. The third-order valence-electron chi connectivity index (χ3n) is 2.32. The minimum Gasteiger partial charge on any atom is -0.388 e. The van der Waals surface area contributed by atoms with Gasteiger partial charge in [0.05, 0.1) is 12.3 Å². The fraction of sp³-hybridized carbons (Fsp3) is 0.700. The van der Waals surface area contributed by atoms with E-state index < -0.39 is 6.10 Å². The average Bonchev–Trinajstić information content (AvgIpc) is 2.50. The summed E-state index contributed by atoms with van der Waals surface area (Å²) in [7, 11) is 0. The molecule has 1 aromatic rings.